The van der Waals surface area contributed by atoms with Crippen LogP contribution >= 0.6 is 0 Å². The standard InChI is InChI=1S/C10H14O4S/c1-4-15(11,12)9-7-5-6-8(13-2)10(9)14-3/h5-7H,4H2,1-3H3/i4DH/t4-/m1/s1. The summed E-state index contributed by atoms with van der Waals surface area (Å²) in [5, 5.41) is 0. The van der Waals surface area contributed by atoms with Gasteiger partial charge in [-0.3, -0.25) is 0 Å². The van der Waals surface area contributed by atoms with Gasteiger partial charge in [0.15, 0.2) is 21.3 Å². The topological polar surface area (TPSA) is 52.6 Å². The third-order valence-corrected chi connectivity index (χ3v) is 3.36. The fraction of sp³-hybridized carbons (Fsp3) is 0.400. The molecule has 0 radical (unpaired) electrons. The van der Waals surface area contributed by atoms with Gasteiger partial charge in [0.25, 0.3) is 0 Å². The van der Waals surface area contributed by atoms with Crippen LogP contribution < -0.4 is 9.47 Å². The lowest BCUT2D eigenvalue weighted by molar-refractivity contribution is 0.347. The summed E-state index contributed by atoms with van der Waals surface area (Å²) in [5.74, 6) is 0.263. The van der Waals surface area contributed by atoms with Crippen molar-refractivity contribution in [2.24, 2.45) is 0 Å². The molecule has 1 atom stereocenters. The van der Waals surface area contributed by atoms with Crippen LogP contribution in [0.15, 0.2) is 23.1 Å². The van der Waals surface area contributed by atoms with Crippen molar-refractivity contribution >= 4 is 9.84 Å². The molecule has 15 heavy (non-hydrogen) atoms. The molecule has 0 amide bonds. The van der Waals surface area contributed by atoms with Gasteiger partial charge in [-0.25, -0.2) is 8.42 Å². The van der Waals surface area contributed by atoms with Gasteiger partial charge in [-0.1, -0.05) is 13.0 Å². The van der Waals surface area contributed by atoms with Crippen molar-refractivity contribution in [1.82, 2.24) is 0 Å². The molecule has 5 heteroatoms. The molecule has 0 unspecified atom stereocenters. The second-order valence-corrected chi connectivity index (χ2v) is 4.55. The van der Waals surface area contributed by atoms with Crippen LogP contribution in [0.1, 0.15) is 9.67 Å². The summed E-state index contributed by atoms with van der Waals surface area (Å²) >= 11 is 0. The van der Waals surface area contributed by atoms with E-state index in [0.29, 0.717) is 0 Å². The van der Waals surface area contributed by atoms with Crippen LogP contribution in [0, 0.1) is 0 Å². The Morgan fingerprint density at radius 2 is 2.13 bits per heavy atom. The Balaban J connectivity index is 3.53. The molecule has 0 saturated carbocycles. The zero-order valence-electron chi connectivity index (χ0n) is 10.8. The highest BCUT2D eigenvalue weighted by Gasteiger charge is 2.20. The van der Waals surface area contributed by atoms with Crippen LogP contribution in [0.5, 0.6) is 11.5 Å². The number of methoxy groups -OCH3 is 2. The average molecular weight is 231 g/mol. The molecule has 0 N–H and O–H groups in total. The van der Waals surface area contributed by atoms with Gasteiger partial charge in [0.1, 0.15) is 4.90 Å². The highest BCUT2D eigenvalue weighted by atomic mass is 32.2. The molecule has 0 saturated heterocycles. The summed E-state index contributed by atoms with van der Waals surface area (Å²) in [7, 11) is -1.43. The van der Waals surface area contributed by atoms with E-state index in [1.807, 2.05) is 0 Å². The van der Waals surface area contributed by atoms with Gasteiger partial charge >= 0.3 is 0 Å². The SMILES string of the molecule is [1H][C@@]([2H])(C)S(=O)(=O)c1cccc(OC)c1OC. The minimum absolute atomic E-state index is 0.0146. The average Bonchev–Trinajstić information content (AvgIpc) is 2.26. The van der Waals surface area contributed by atoms with Gasteiger partial charge in [-0.15, -0.1) is 0 Å². The number of sulfone groups is 1. The Labute approximate surface area is 92.6 Å². The van der Waals surface area contributed by atoms with Crippen LogP contribution in [0.4, 0.5) is 0 Å². The second-order valence-electron chi connectivity index (χ2n) is 2.70. The summed E-state index contributed by atoms with van der Waals surface area (Å²) in [4.78, 5) is -0.216. The second kappa shape index (κ2) is 4.53. The zero-order chi connectivity index (χ0) is 13.3. The number of rotatable bonds is 4. The quantitative estimate of drug-likeness (QED) is 0.788. The monoisotopic (exact) mass is 231 g/mol. The molecule has 0 aliphatic rings. The summed E-state index contributed by atoms with van der Waals surface area (Å²) in [6.45, 7) is 0.987. The molecular formula is C10H14O4S. The van der Waals surface area contributed by atoms with Gasteiger partial charge in [-0.2, -0.15) is 0 Å². The molecular weight excluding hydrogens is 216 g/mol. The van der Waals surface area contributed by atoms with Crippen LogP contribution in [0.2, 0.25) is 0 Å². The summed E-state index contributed by atoms with van der Waals surface area (Å²) in [6.07, 6.45) is 0. The molecule has 4 nitrogen and oxygen atoms in total. The third-order valence-electron chi connectivity index (χ3n) is 1.93. The molecule has 1 aromatic rings. The molecule has 84 valence electrons. The summed E-state index contributed by atoms with van der Waals surface area (Å²) < 4.78 is 48.6. The molecule has 1 rings (SSSR count). The van der Waals surface area contributed by atoms with E-state index in [2.05, 4.69) is 0 Å². The Hall–Kier alpha value is -1.23. The van der Waals surface area contributed by atoms with Gasteiger partial charge in [0, 0.05) is 2.74 Å². The largest absolute Gasteiger partial charge is 0.493 e. The lowest BCUT2D eigenvalue weighted by Gasteiger charge is -2.11. The molecule has 0 fully saturated rings. The van der Waals surface area contributed by atoms with Crippen molar-refractivity contribution in [3.63, 3.8) is 0 Å². The molecule has 0 aliphatic carbocycles. The summed E-state index contributed by atoms with van der Waals surface area (Å²) in [5.41, 5.74) is -2.38. The zero-order valence-corrected chi connectivity index (χ0v) is 9.59. The fourth-order valence-electron chi connectivity index (χ4n) is 1.18. The minimum Gasteiger partial charge on any atom is -0.493 e. The molecule has 0 bridgehead atoms. The van der Waals surface area contributed by atoms with Crippen LogP contribution in [0.3, 0.4) is 0 Å². The van der Waals surface area contributed by atoms with Crippen molar-refractivity contribution in [3.05, 3.63) is 18.2 Å². The van der Waals surface area contributed by atoms with Gasteiger partial charge in [0.05, 0.1) is 19.9 Å². The molecule has 0 heterocycles. The first-order valence-electron chi connectivity index (χ1n) is 5.21. The maximum Gasteiger partial charge on any atom is 0.181 e. The van der Waals surface area contributed by atoms with E-state index in [9.17, 15) is 8.42 Å². The van der Waals surface area contributed by atoms with E-state index < -0.39 is 15.5 Å². The van der Waals surface area contributed by atoms with E-state index in [1.165, 1.54) is 26.4 Å². The first kappa shape index (κ1) is 9.03. The normalized spacial score (nSPS) is 17.3. The number of benzene rings is 1. The van der Waals surface area contributed by atoms with E-state index in [4.69, 9.17) is 12.2 Å². The number of hydrogen-bond donors (Lipinski definition) is 0. The maximum atomic E-state index is 12.0. The first-order chi connectivity index (χ1) is 7.75. The van der Waals surface area contributed by atoms with Crippen molar-refractivity contribution in [2.75, 3.05) is 19.9 Å². The Morgan fingerprint density at radius 3 is 2.60 bits per heavy atom. The predicted molar refractivity (Wildman–Crippen MR) is 57.3 cm³/mol. The van der Waals surface area contributed by atoms with E-state index in [0.717, 1.165) is 6.92 Å². The highest BCUT2D eigenvalue weighted by Crippen LogP contribution is 2.34. The smallest absolute Gasteiger partial charge is 0.181 e. The lowest BCUT2D eigenvalue weighted by Crippen LogP contribution is -2.06. The van der Waals surface area contributed by atoms with Gasteiger partial charge < -0.3 is 9.47 Å². The van der Waals surface area contributed by atoms with Crippen LogP contribution in [-0.4, -0.2) is 28.3 Å². The van der Waals surface area contributed by atoms with Gasteiger partial charge in [0.2, 0.25) is 0 Å². The lowest BCUT2D eigenvalue weighted by atomic mass is 10.3. The fourth-order valence-corrected chi connectivity index (χ4v) is 2.08. The minimum atomic E-state index is -4.12. The number of ether oxygens (including phenoxy) is 2. The summed E-state index contributed by atoms with van der Waals surface area (Å²) in [6, 6.07) is 4.31. The van der Waals surface area contributed by atoms with Gasteiger partial charge in [-0.05, 0) is 12.1 Å². The van der Waals surface area contributed by atoms with Crippen molar-refractivity contribution in [1.29, 1.82) is 0 Å². The van der Waals surface area contributed by atoms with E-state index in [-0.39, 0.29) is 16.4 Å². The van der Waals surface area contributed by atoms with Crippen molar-refractivity contribution in [3.8, 4) is 11.5 Å². The Kier molecular flexibility index (Phi) is 2.72. The maximum absolute atomic E-state index is 12.0. The molecule has 1 aromatic carbocycles. The predicted octanol–water partition coefficient (Wildman–Crippen LogP) is 1.50. The Morgan fingerprint density at radius 1 is 1.47 bits per heavy atom. The third kappa shape index (κ3) is 2.23. The first-order valence-corrected chi connectivity index (χ1v) is 5.69. The highest BCUT2D eigenvalue weighted by molar-refractivity contribution is 7.91. The molecule has 0 aromatic heterocycles. The van der Waals surface area contributed by atoms with E-state index >= 15 is 0 Å². The van der Waals surface area contributed by atoms with Crippen molar-refractivity contribution in [2.45, 2.75) is 11.8 Å². The van der Waals surface area contributed by atoms with Crippen molar-refractivity contribution < 1.29 is 20.6 Å². The number of para-hydroxylation sites is 1. The van der Waals surface area contributed by atoms with Crippen LogP contribution in [-0.2, 0) is 9.84 Å². The molecule has 0 aliphatic heterocycles. The van der Waals surface area contributed by atoms with E-state index in [1.54, 1.807) is 6.07 Å². The molecule has 0 spiro atoms. The number of hydrogen-bond acceptors (Lipinski definition) is 4. The Bertz CT molecular complexity index is 506. The van der Waals surface area contributed by atoms with Crippen LogP contribution in [0.25, 0.3) is 0 Å².